The number of aliphatic hydroxyl groups excluding tert-OH is 1. The van der Waals surface area contributed by atoms with E-state index in [9.17, 15) is 14.3 Å². The van der Waals surface area contributed by atoms with Crippen molar-refractivity contribution >= 4 is 11.6 Å². The summed E-state index contributed by atoms with van der Waals surface area (Å²) in [7, 11) is 0. The lowest BCUT2D eigenvalue weighted by Crippen LogP contribution is -2.42. The molecule has 36 heavy (non-hydrogen) atoms. The quantitative estimate of drug-likeness (QED) is 0.416. The van der Waals surface area contributed by atoms with E-state index in [4.69, 9.17) is 9.47 Å². The molecule has 2 aromatic carbocycles. The second kappa shape index (κ2) is 10.1. The van der Waals surface area contributed by atoms with Crippen LogP contribution in [0.3, 0.4) is 0 Å². The van der Waals surface area contributed by atoms with Gasteiger partial charge in [-0.25, -0.2) is 4.39 Å². The lowest BCUT2D eigenvalue weighted by Gasteiger charge is -2.30. The van der Waals surface area contributed by atoms with Crippen molar-refractivity contribution in [3.8, 4) is 28.5 Å². The minimum Gasteiger partial charge on any atom is -0.488 e. The van der Waals surface area contributed by atoms with E-state index in [0.29, 0.717) is 36.2 Å². The van der Waals surface area contributed by atoms with Crippen LogP contribution in [0, 0.1) is 5.82 Å². The molecule has 1 amide bonds. The highest BCUT2D eigenvalue weighted by Crippen LogP contribution is 2.34. The SMILES string of the molecule is C[C@H]1CC=C(c2ccc(-c3cc(Oc4ccc(C(=O)N5CCC5)cc4F)cc(O[C@@H](C)CO)c3)[nH]2)N1. The molecule has 188 valence electrons. The number of aromatic amines is 1. The Kier molecular flexibility index (Phi) is 6.69. The first-order chi connectivity index (χ1) is 17.4. The standard InChI is InChI=1S/C28H30FN3O4/c1-17-4-6-25(30-17)26-8-7-24(31-26)20-12-21(35-18(2)16-33)15-22(13-20)36-27-9-5-19(14-23(27)29)28(34)32-10-3-11-32/h5-9,12-15,17-18,30-31,33H,3-4,10-11,16H2,1-2H3/t17-,18-/m0/s1. The summed E-state index contributed by atoms with van der Waals surface area (Å²) in [5.74, 6) is 0.0722. The molecule has 0 aliphatic carbocycles. The van der Waals surface area contributed by atoms with E-state index in [1.165, 1.54) is 12.1 Å². The Labute approximate surface area is 209 Å². The average Bonchev–Trinajstić information content (AvgIpc) is 3.48. The molecule has 2 aliphatic rings. The van der Waals surface area contributed by atoms with E-state index in [-0.39, 0.29) is 18.3 Å². The van der Waals surface area contributed by atoms with Gasteiger partial charge in [-0.3, -0.25) is 4.79 Å². The predicted octanol–water partition coefficient (Wildman–Crippen LogP) is 4.94. The number of likely N-dealkylation sites (tertiary alicyclic amines) is 1. The summed E-state index contributed by atoms with van der Waals surface area (Å²) in [5, 5.41) is 12.9. The molecule has 0 bridgehead atoms. The smallest absolute Gasteiger partial charge is 0.253 e. The number of ether oxygens (including phenoxy) is 2. The molecule has 0 radical (unpaired) electrons. The van der Waals surface area contributed by atoms with Crippen LogP contribution in [0.5, 0.6) is 17.2 Å². The zero-order chi connectivity index (χ0) is 25.2. The van der Waals surface area contributed by atoms with Gasteiger partial charge >= 0.3 is 0 Å². The topological polar surface area (TPSA) is 86.8 Å². The van der Waals surface area contributed by atoms with Gasteiger partial charge in [-0.15, -0.1) is 0 Å². The number of hydrogen-bond acceptors (Lipinski definition) is 5. The predicted molar refractivity (Wildman–Crippen MR) is 136 cm³/mol. The van der Waals surface area contributed by atoms with Crippen LogP contribution in [-0.4, -0.2) is 52.7 Å². The molecular formula is C28H30FN3O4. The van der Waals surface area contributed by atoms with E-state index in [0.717, 1.165) is 35.5 Å². The lowest BCUT2D eigenvalue weighted by atomic mass is 10.1. The van der Waals surface area contributed by atoms with Crippen molar-refractivity contribution in [2.75, 3.05) is 19.7 Å². The van der Waals surface area contributed by atoms with Crippen LogP contribution in [0.2, 0.25) is 0 Å². The second-order valence-electron chi connectivity index (χ2n) is 9.38. The van der Waals surface area contributed by atoms with Crippen LogP contribution in [0.25, 0.3) is 17.0 Å². The number of halogens is 1. The van der Waals surface area contributed by atoms with Crippen LogP contribution in [0.15, 0.2) is 54.6 Å². The number of aromatic nitrogens is 1. The summed E-state index contributed by atoms with van der Waals surface area (Å²) in [6.07, 6.45) is 3.68. The number of hydrogen-bond donors (Lipinski definition) is 3. The van der Waals surface area contributed by atoms with Gasteiger partial charge in [0.15, 0.2) is 11.6 Å². The summed E-state index contributed by atoms with van der Waals surface area (Å²) >= 11 is 0. The maximum absolute atomic E-state index is 14.9. The van der Waals surface area contributed by atoms with Crippen molar-refractivity contribution in [2.24, 2.45) is 0 Å². The van der Waals surface area contributed by atoms with Crippen molar-refractivity contribution in [2.45, 2.75) is 38.8 Å². The van der Waals surface area contributed by atoms with Gasteiger partial charge in [-0.1, -0.05) is 6.08 Å². The van der Waals surface area contributed by atoms with Crippen LogP contribution >= 0.6 is 0 Å². The lowest BCUT2D eigenvalue weighted by molar-refractivity contribution is 0.0651. The minimum atomic E-state index is -0.617. The number of nitrogens with zero attached hydrogens (tertiary/aromatic N) is 1. The number of H-pyrrole nitrogens is 1. The first-order valence-electron chi connectivity index (χ1n) is 12.3. The Hall–Kier alpha value is -3.78. The third-order valence-electron chi connectivity index (χ3n) is 6.39. The third-order valence-corrected chi connectivity index (χ3v) is 6.39. The summed E-state index contributed by atoms with van der Waals surface area (Å²) in [5.41, 5.74) is 3.96. The zero-order valence-corrected chi connectivity index (χ0v) is 20.4. The van der Waals surface area contributed by atoms with E-state index in [1.54, 1.807) is 30.0 Å². The number of amides is 1. The second-order valence-corrected chi connectivity index (χ2v) is 9.38. The number of carbonyl (C=O) groups is 1. The van der Waals surface area contributed by atoms with Crippen LogP contribution in [-0.2, 0) is 0 Å². The highest BCUT2D eigenvalue weighted by molar-refractivity contribution is 5.94. The van der Waals surface area contributed by atoms with E-state index in [2.05, 4.69) is 23.3 Å². The van der Waals surface area contributed by atoms with Gasteiger partial charge in [0.05, 0.1) is 18.0 Å². The highest BCUT2D eigenvalue weighted by Gasteiger charge is 2.23. The zero-order valence-electron chi connectivity index (χ0n) is 20.4. The van der Waals surface area contributed by atoms with E-state index in [1.807, 2.05) is 18.2 Å². The van der Waals surface area contributed by atoms with Crippen LogP contribution in [0.4, 0.5) is 4.39 Å². The van der Waals surface area contributed by atoms with Gasteiger partial charge in [-0.05, 0) is 69.2 Å². The van der Waals surface area contributed by atoms with Crippen molar-refractivity contribution in [3.05, 3.63) is 71.7 Å². The molecular weight excluding hydrogens is 461 g/mol. The maximum atomic E-state index is 14.9. The number of benzene rings is 2. The van der Waals surface area contributed by atoms with Crippen molar-refractivity contribution in [3.63, 3.8) is 0 Å². The number of carbonyl (C=O) groups excluding carboxylic acids is 1. The molecule has 7 nitrogen and oxygen atoms in total. The van der Waals surface area contributed by atoms with E-state index >= 15 is 0 Å². The number of aliphatic hydroxyl groups is 1. The first-order valence-corrected chi connectivity index (χ1v) is 12.3. The molecule has 8 heteroatoms. The Balaban J connectivity index is 1.42. The molecule has 0 spiro atoms. The summed E-state index contributed by atoms with van der Waals surface area (Å²) in [6.45, 7) is 5.15. The number of nitrogens with one attached hydrogen (secondary N) is 2. The molecule has 3 aromatic rings. The monoisotopic (exact) mass is 491 g/mol. The van der Waals surface area contributed by atoms with Crippen LogP contribution in [0.1, 0.15) is 42.7 Å². The fourth-order valence-electron chi connectivity index (χ4n) is 4.26. The molecule has 2 atom stereocenters. The largest absolute Gasteiger partial charge is 0.488 e. The molecule has 1 aromatic heterocycles. The molecule has 0 saturated carbocycles. The average molecular weight is 492 g/mol. The van der Waals surface area contributed by atoms with Gasteiger partial charge in [0.2, 0.25) is 0 Å². The van der Waals surface area contributed by atoms with Gasteiger partial charge < -0.3 is 29.8 Å². The fraction of sp³-hybridized carbons (Fsp3) is 0.321. The third kappa shape index (κ3) is 5.09. The van der Waals surface area contributed by atoms with Gasteiger partial charge in [0.25, 0.3) is 5.91 Å². The molecule has 1 fully saturated rings. The van der Waals surface area contributed by atoms with E-state index < -0.39 is 11.9 Å². The summed E-state index contributed by atoms with van der Waals surface area (Å²) in [6, 6.07) is 13.9. The van der Waals surface area contributed by atoms with Gasteiger partial charge in [0.1, 0.15) is 17.6 Å². The molecule has 0 unspecified atom stereocenters. The Morgan fingerprint density at radius 1 is 1.14 bits per heavy atom. The van der Waals surface area contributed by atoms with Crippen molar-refractivity contribution in [1.29, 1.82) is 0 Å². The molecule has 3 heterocycles. The van der Waals surface area contributed by atoms with Crippen molar-refractivity contribution in [1.82, 2.24) is 15.2 Å². The highest BCUT2D eigenvalue weighted by atomic mass is 19.1. The first kappa shape index (κ1) is 23.9. The molecule has 1 saturated heterocycles. The molecule has 3 N–H and O–H groups in total. The fourth-order valence-corrected chi connectivity index (χ4v) is 4.26. The molecule has 5 rings (SSSR count). The Bertz CT molecular complexity index is 1300. The Morgan fingerprint density at radius 3 is 2.58 bits per heavy atom. The summed E-state index contributed by atoms with van der Waals surface area (Å²) < 4.78 is 26.6. The van der Waals surface area contributed by atoms with Gasteiger partial charge in [0, 0.05) is 42.0 Å². The minimum absolute atomic E-state index is 0.00920. The van der Waals surface area contributed by atoms with Crippen LogP contribution < -0.4 is 14.8 Å². The van der Waals surface area contributed by atoms with Gasteiger partial charge in [-0.2, -0.15) is 0 Å². The molecule has 2 aliphatic heterocycles. The maximum Gasteiger partial charge on any atom is 0.253 e. The summed E-state index contributed by atoms with van der Waals surface area (Å²) in [4.78, 5) is 17.5. The normalized spacial score (nSPS) is 17.7. The van der Waals surface area contributed by atoms with Crippen molar-refractivity contribution < 1.29 is 23.8 Å². The Morgan fingerprint density at radius 2 is 1.92 bits per heavy atom. The number of rotatable bonds is 8.